The number of aromatic amines is 1. The molecule has 0 saturated carbocycles. The number of fused-ring (bicyclic) bond motifs is 1. The molecule has 102 valence electrons. The van der Waals surface area contributed by atoms with Crippen LogP contribution in [0.15, 0.2) is 12.3 Å². The second-order valence-corrected chi connectivity index (χ2v) is 4.31. The van der Waals surface area contributed by atoms with Crippen molar-refractivity contribution in [2.45, 2.75) is 13.5 Å². The predicted molar refractivity (Wildman–Crippen MR) is 68.6 cm³/mol. The second-order valence-electron chi connectivity index (χ2n) is 4.31. The van der Waals surface area contributed by atoms with Crippen molar-refractivity contribution in [1.82, 2.24) is 40.7 Å². The number of pyridine rings is 1. The van der Waals surface area contributed by atoms with Gasteiger partial charge in [-0.3, -0.25) is 9.48 Å². The molecule has 0 saturated heterocycles. The summed E-state index contributed by atoms with van der Waals surface area (Å²) in [5.74, 6) is 0.178. The maximum absolute atomic E-state index is 12.0. The summed E-state index contributed by atoms with van der Waals surface area (Å²) < 4.78 is 1.69. The van der Waals surface area contributed by atoms with Gasteiger partial charge < -0.3 is 5.32 Å². The van der Waals surface area contributed by atoms with Gasteiger partial charge in [-0.1, -0.05) is 5.21 Å². The largest absolute Gasteiger partial charge is 0.345 e. The summed E-state index contributed by atoms with van der Waals surface area (Å²) in [6, 6.07) is 1.77. The minimum absolute atomic E-state index is 0.208. The molecule has 2 N–H and O–H groups in total. The Morgan fingerprint density at radius 1 is 1.50 bits per heavy atom. The van der Waals surface area contributed by atoms with Crippen LogP contribution in [0.3, 0.4) is 0 Å². The van der Waals surface area contributed by atoms with Crippen LogP contribution in [0.25, 0.3) is 11.0 Å². The summed E-state index contributed by atoms with van der Waals surface area (Å²) in [7, 11) is 1.82. The first kappa shape index (κ1) is 12.2. The molecule has 0 spiro atoms. The zero-order valence-electron chi connectivity index (χ0n) is 11.0. The molecule has 0 atom stereocenters. The first-order valence-electron chi connectivity index (χ1n) is 5.95. The fraction of sp³-hybridized carbons (Fsp3) is 0.273. The van der Waals surface area contributed by atoms with Crippen LogP contribution in [0.2, 0.25) is 0 Å². The van der Waals surface area contributed by atoms with E-state index in [-0.39, 0.29) is 12.5 Å². The summed E-state index contributed by atoms with van der Waals surface area (Å²) >= 11 is 0. The first-order chi connectivity index (χ1) is 9.65. The van der Waals surface area contributed by atoms with E-state index in [9.17, 15) is 4.79 Å². The molecule has 0 radical (unpaired) electrons. The fourth-order valence-corrected chi connectivity index (χ4v) is 1.95. The lowest BCUT2D eigenvalue weighted by Crippen LogP contribution is -2.23. The number of nitrogens with one attached hydrogen (secondary N) is 2. The Morgan fingerprint density at radius 2 is 2.35 bits per heavy atom. The number of tetrazole rings is 1. The van der Waals surface area contributed by atoms with Crippen LogP contribution < -0.4 is 5.32 Å². The van der Waals surface area contributed by atoms with Crippen LogP contribution in [0.5, 0.6) is 0 Å². The van der Waals surface area contributed by atoms with E-state index >= 15 is 0 Å². The Kier molecular flexibility index (Phi) is 2.86. The molecule has 3 aromatic heterocycles. The van der Waals surface area contributed by atoms with Gasteiger partial charge >= 0.3 is 0 Å². The van der Waals surface area contributed by atoms with E-state index < -0.39 is 0 Å². The molecule has 9 nitrogen and oxygen atoms in total. The number of nitrogens with zero attached hydrogens (tertiary/aromatic N) is 6. The van der Waals surface area contributed by atoms with Crippen molar-refractivity contribution >= 4 is 16.9 Å². The molecule has 0 aliphatic rings. The zero-order chi connectivity index (χ0) is 14.1. The Bertz CT molecular complexity index is 760. The number of aromatic nitrogens is 7. The molecule has 0 fully saturated rings. The van der Waals surface area contributed by atoms with Crippen LogP contribution in [-0.2, 0) is 13.6 Å². The van der Waals surface area contributed by atoms with E-state index in [4.69, 9.17) is 0 Å². The molecule has 1 amide bonds. The molecule has 0 aliphatic carbocycles. The van der Waals surface area contributed by atoms with Gasteiger partial charge in [0.2, 0.25) is 0 Å². The minimum atomic E-state index is -0.243. The molecule has 0 aliphatic heterocycles. The molecule has 3 aromatic rings. The molecule has 20 heavy (non-hydrogen) atoms. The maximum atomic E-state index is 12.0. The average Bonchev–Trinajstić information content (AvgIpc) is 3.05. The molecule has 0 aromatic carbocycles. The Balaban J connectivity index is 1.82. The lowest BCUT2D eigenvalue weighted by Gasteiger charge is -2.02. The predicted octanol–water partition coefficient (Wildman–Crippen LogP) is -0.280. The smallest absolute Gasteiger partial charge is 0.253 e. The summed E-state index contributed by atoms with van der Waals surface area (Å²) in [6.45, 7) is 2.09. The summed E-state index contributed by atoms with van der Waals surface area (Å²) in [6.07, 6.45) is 1.52. The standard InChI is InChI=1S/C11H12N8O/c1-6-8-3-7(4-12-10(8)19(2)16-6)11(20)13-5-9-14-17-18-15-9/h3-4H,5H2,1-2H3,(H,13,20)(H,14,15,17,18). The van der Waals surface area contributed by atoms with Gasteiger partial charge in [0, 0.05) is 18.6 Å². The number of hydrogen-bond donors (Lipinski definition) is 2. The van der Waals surface area contributed by atoms with Gasteiger partial charge in [0.1, 0.15) is 0 Å². The summed E-state index contributed by atoms with van der Waals surface area (Å²) in [4.78, 5) is 16.3. The van der Waals surface area contributed by atoms with Crippen molar-refractivity contribution in [2.24, 2.45) is 7.05 Å². The third kappa shape index (κ3) is 2.09. The monoisotopic (exact) mass is 272 g/mol. The van der Waals surface area contributed by atoms with E-state index in [0.29, 0.717) is 11.4 Å². The number of H-pyrrole nitrogens is 1. The fourth-order valence-electron chi connectivity index (χ4n) is 1.95. The van der Waals surface area contributed by atoms with E-state index in [1.807, 2.05) is 14.0 Å². The van der Waals surface area contributed by atoms with Crippen LogP contribution in [-0.4, -0.2) is 41.3 Å². The van der Waals surface area contributed by atoms with Gasteiger partial charge in [0.05, 0.1) is 17.8 Å². The van der Waals surface area contributed by atoms with Crippen LogP contribution >= 0.6 is 0 Å². The maximum Gasteiger partial charge on any atom is 0.253 e. The Morgan fingerprint density at radius 3 is 3.10 bits per heavy atom. The third-order valence-electron chi connectivity index (χ3n) is 2.92. The highest BCUT2D eigenvalue weighted by Gasteiger charge is 2.12. The molecule has 0 unspecified atom stereocenters. The second kappa shape index (κ2) is 4.68. The SMILES string of the molecule is Cc1nn(C)c2ncc(C(=O)NCc3nn[nH]n3)cc12. The quantitative estimate of drug-likeness (QED) is 0.677. The molecular weight excluding hydrogens is 260 g/mol. The highest BCUT2D eigenvalue weighted by Crippen LogP contribution is 2.16. The Labute approximate surface area is 113 Å². The lowest BCUT2D eigenvalue weighted by atomic mass is 10.2. The van der Waals surface area contributed by atoms with Gasteiger partial charge in [-0.25, -0.2) is 4.98 Å². The van der Waals surface area contributed by atoms with Crippen LogP contribution in [0.1, 0.15) is 21.9 Å². The van der Waals surface area contributed by atoms with Gasteiger partial charge in [-0.05, 0) is 13.0 Å². The topological polar surface area (TPSA) is 114 Å². The van der Waals surface area contributed by atoms with Gasteiger partial charge in [-0.2, -0.15) is 10.3 Å². The minimum Gasteiger partial charge on any atom is -0.345 e. The highest BCUT2D eigenvalue weighted by molar-refractivity contribution is 5.97. The number of amides is 1. The van der Waals surface area contributed by atoms with Gasteiger partial charge in [-0.15, -0.1) is 10.2 Å². The van der Waals surface area contributed by atoms with Gasteiger partial charge in [0.25, 0.3) is 5.91 Å². The number of hydrogen-bond acceptors (Lipinski definition) is 6. The van der Waals surface area contributed by atoms with Crippen LogP contribution in [0, 0.1) is 6.92 Å². The third-order valence-corrected chi connectivity index (χ3v) is 2.92. The van der Waals surface area contributed by atoms with Gasteiger partial charge in [0.15, 0.2) is 11.5 Å². The van der Waals surface area contributed by atoms with Crippen molar-refractivity contribution in [2.75, 3.05) is 0 Å². The van der Waals surface area contributed by atoms with E-state index in [0.717, 1.165) is 16.7 Å². The van der Waals surface area contributed by atoms with E-state index in [1.165, 1.54) is 6.20 Å². The molecule has 9 heteroatoms. The number of rotatable bonds is 3. The van der Waals surface area contributed by atoms with Crippen LogP contribution in [0.4, 0.5) is 0 Å². The highest BCUT2D eigenvalue weighted by atomic mass is 16.1. The first-order valence-corrected chi connectivity index (χ1v) is 5.95. The van der Waals surface area contributed by atoms with Crippen molar-refractivity contribution in [1.29, 1.82) is 0 Å². The van der Waals surface area contributed by atoms with Crippen molar-refractivity contribution in [3.8, 4) is 0 Å². The zero-order valence-corrected chi connectivity index (χ0v) is 11.0. The molecule has 0 bridgehead atoms. The number of carbonyl (C=O) groups excluding carboxylic acids is 1. The summed E-state index contributed by atoms with van der Waals surface area (Å²) in [5, 5.41) is 21.1. The molecular formula is C11H12N8O. The van der Waals surface area contributed by atoms with Crippen molar-refractivity contribution in [3.63, 3.8) is 0 Å². The average molecular weight is 272 g/mol. The van der Waals surface area contributed by atoms with Crippen molar-refractivity contribution < 1.29 is 4.79 Å². The molecule has 3 rings (SSSR count). The van der Waals surface area contributed by atoms with E-state index in [2.05, 4.69) is 36.0 Å². The molecule has 3 heterocycles. The number of carbonyl (C=O) groups is 1. The van der Waals surface area contributed by atoms with E-state index in [1.54, 1.807) is 10.7 Å². The Hall–Kier alpha value is -2.84. The normalized spacial score (nSPS) is 10.9. The van der Waals surface area contributed by atoms with Crippen molar-refractivity contribution in [3.05, 3.63) is 29.3 Å². The summed E-state index contributed by atoms with van der Waals surface area (Å²) in [5.41, 5.74) is 2.05. The number of aryl methyl sites for hydroxylation is 2. The lowest BCUT2D eigenvalue weighted by molar-refractivity contribution is 0.0949.